The number of nitrogens with zero attached hydrogens (tertiary/aromatic N) is 1. The zero-order chi connectivity index (χ0) is 15.2. The molecular formula is C16H20N2O3. The van der Waals surface area contributed by atoms with Crippen LogP contribution in [0.3, 0.4) is 0 Å². The summed E-state index contributed by atoms with van der Waals surface area (Å²) in [4.78, 5) is 4.31. The summed E-state index contributed by atoms with van der Waals surface area (Å²) in [5.41, 5.74) is 6.82. The number of methoxy groups -OCH3 is 2. The second-order valence-corrected chi connectivity index (χ2v) is 4.70. The van der Waals surface area contributed by atoms with Crippen LogP contribution in [0.15, 0.2) is 42.6 Å². The third-order valence-electron chi connectivity index (χ3n) is 3.04. The van der Waals surface area contributed by atoms with Crippen LogP contribution in [-0.2, 0) is 0 Å². The van der Waals surface area contributed by atoms with Gasteiger partial charge in [0.25, 0.3) is 0 Å². The van der Waals surface area contributed by atoms with Gasteiger partial charge in [0.05, 0.1) is 19.9 Å². The van der Waals surface area contributed by atoms with Gasteiger partial charge in [-0.1, -0.05) is 6.07 Å². The molecule has 2 rings (SSSR count). The van der Waals surface area contributed by atoms with E-state index in [0.29, 0.717) is 17.2 Å². The molecular weight excluding hydrogens is 268 g/mol. The molecule has 0 bridgehead atoms. The molecule has 5 nitrogen and oxygen atoms in total. The molecule has 0 spiro atoms. The molecule has 2 unspecified atom stereocenters. The summed E-state index contributed by atoms with van der Waals surface area (Å²) in [5, 5.41) is 0. The molecule has 2 N–H and O–H groups in total. The van der Waals surface area contributed by atoms with Gasteiger partial charge in [0.15, 0.2) is 6.10 Å². The van der Waals surface area contributed by atoms with Gasteiger partial charge >= 0.3 is 0 Å². The highest BCUT2D eigenvalue weighted by Crippen LogP contribution is 2.31. The molecule has 2 atom stereocenters. The lowest BCUT2D eigenvalue weighted by atomic mass is 10.1. The number of aromatic nitrogens is 1. The molecule has 0 aliphatic rings. The molecule has 1 aromatic heterocycles. The lowest BCUT2D eigenvalue weighted by Gasteiger charge is -2.22. The zero-order valence-electron chi connectivity index (χ0n) is 12.4. The molecule has 0 fully saturated rings. The van der Waals surface area contributed by atoms with Crippen LogP contribution in [0.2, 0.25) is 0 Å². The average molecular weight is 288 g/mol. The lowest BCUT2D eigenvalue weighted by molar-refractivity contribution is 0.174. The predicted octanol–water partition coefficient (Wildman–Crippen LogP) is 2.57. The quantitative estimate of drug-likeness (QED) is 0.885. The molecule has 1 aromatic carbocycles. The molecule has 21 heavy (non-hydrogen) atoms. The fourth-order valence-electron chi connectivity index (χ4n) is 1.98. The average Bonchev–Trinajstić information content (AvgIpc) is 2.52. The smallest absolute Gasteiger partial charge is 0.155 e. The summed E-state index contributed by atoms with van der Waals surface area (Å²) in [5.74, 6) is 1.95. The molecule has 0 amide bonds. The Hall–Kier alpha value is -2.27. The molecule has 0 saturated carbocycles. The normalized spacial score (nSPS) is 13.3. The second kappa shape index (κ2) is 6.95. The van der Waals surface area contributed by atoms with E-state index in [9.17, 15) is 0 Å². The number of benzene rings is 1. The summed E-state index contributed by atoms with van der Waals surface area (Å²) in [6.45, 7) is 1.89. The molecule has 0 aliphatic carbocycles. The Morgan fingerprint density at radius 2 is 1.62 bits per heavy atom. The van der Waals surface area contributed by atoms with Crippen LogP contribution in [0.1, 0.15) is 18.7 Å². The van der Waals surface area contributed by atoms with E-state index in [1.165, 1.54) is 0 Å². The molecule has 5 heteroatoms. The van der Waals surface area contributed by atoms with Crippen molar-refractivity contribution < 1.29 is 14.2 Å². The minimum absolute atomic E-state index is 0.211. The summed E-state index contributed by atoms with van der Waals surface area (Å²) in [7, 11) is 3.20. The number of hydrogen-bond donors (Lipinski definition) is 1. The Bertz CT molecular complexity index is 551. The van der Waals surface area contributed by atoms with Crippen molar-refractivity contribution in [3.05, 3.63) is 48.3 Å². The van der Waals surface area contributed by atoms with E-state index in [1.54, 1.807) is 38.6 Å². The highest BCUT2D eigenvalue weighted by Gasteiger charge is 2.20. The standard InChI is InChI=1S/C16H20N2O3/c1-11(17)16(15-6-4-5-7-18-15)21-14-9-12(19-2)8-13(10-14)20-3/h4-11,16H,17H2,1-3H3. The van der Waals surface area contributed by atoms with E-state index in [2.05, 4.69) is 4.98 Å². The molecule has 0 saturated heterocycles. The number of hydrogen-bond acceptors (Lipinski definition) is 5. The van der Waals surface area contributed by atoms with E-state index in [-0.39, 0.29) is 12.1 Å². The topological polar surface area (TPSA) is 66.6 Å². The van der Waals surface area contributed by atoms with E-state index in [0.717, 1.165) is 5.69 Å². The largest absolute Gasteiger partial charge is 0.496 e. The molecule has 2 aromatic rings. The molecule has 0 radical (unpaired) electrons. The maximum Gasteiger partial charge on any atom is 0.155 e. The van der Waals surface area contributed by atoms with Crippen molar-refractivity contribution in [1.29, 1.82) is 0 Å². The minimum atomic E-state index is -0.344. The van der Waals surface area contributed by atoms with Crippen molar-refractivity contribution in [3.63, 3.8) is 0 Å². The van der Waals surface area contributed by atoms with Crippen molar-refractivity contribution in [2.24, 2.45) is 5.73 Å². The Kier molecular flexibility index (Phi) is 5.00. The maximum atomic E-state index is 6.03. The first-order valence-electron chi connectivity index (χ1n) is 6.70. The maximum absolute atomic E-state index is 6.03. The zero-order valence-corrected chi connectivity index (χ0v) is 12.4. The van der Waals surface area contributed by atoms with Crippen LogP contribution in [0.5, 0.6) is 17.2 Å². The monoisotopic (exact) mass is 288 g/mol. The molecule has 1 heterocycles. The number of rotatable bonds is 6. The SMILES string of the molecule is COc1cc(OC)cc(OC(c2ccccn2)C(C)N)c1. The fourth-order valence-corrected chi connectivity index (χ4v) is 1.98. The summed E-state index contributed by atoms with van der Waals surface area (Å²) in [6.07, 6.45) is 1.38. The number of pyridine rings is 1. The van der Waals surface area contributed by atoms with Gasteiger partial charge in [-0.2, -0.15) is 0 Å². The summed E-state index contributed by atoms with van der Waals surface area (Å²) >= 11 is 0. The van der Waals surface area contributed by atoms with Crippen LogP contribution < -0.4 is 19.9 Å². The first-order chi connectivity index (χ1) is 10.1. The van der Waals surface area contributed by atoms with E-state index >= 15 is 0 Å². The van der Waals surface area contributed by atoms with Gasteiger partial charge in [-0.05, 0) is 19.1 Å². The van der Waals surface area contributed by atoms with E-state index in [1.807, 2.05) is 25.1 Å². The van der Waals surface area contributed by atoms with Gasteiger partial charge in [-0.25, -0.2) is 0 Å². The third kappa shape index (κ3) is 3.86. The van der Waals surface area contributed by atoms with Gasteiger partial charge in [0.1, 0.15) is 17.2 Å². The van der Waals surface area contributed by atoms with E-state index < -0.39 is 0 Å². The van der Waals surface area contributed by atoms with Crippen LogP contribution in [-0.4, -0.2) is 25.2 Å². The lowest BCUT2D eigenvalue weighted by Crippen LogP contribution is -2.29. The van der Waals surface area contributed by atoms with Crippen molar-refractivity contribution >= 4 is 0 Å². The Morgan fingerprint density at radius 1 is 1.00 bits per heavy atom. The summed E-state index contributed by atoms with van der Waals surface area (Å²) < 4.78 is 16.5. The highest BCUT2D eigenvalue weighted by atomic mass is 16.5. The van der Waals surface area contributed by atoms with Crippen LogP contribution in [0.25, 0.3) is 0 Å². The van der Waals surface area contributed by atoms with Crippen LogP contribution in [0.4, 0.5) is 0 Å². The van der Waals surface area contributed by atoms with Gasteiger partial charge in [-0.15, -0.1) is 0 Å². The van der Waals surface area contributed by atoms with Gasteiger partial charge < -0.3 is 19.9 Å². The summed E-state index contributed by atoms with van der Waals surface area (Å²) in [6, 6.07) is 10.8. The van der Waals surface area contributed by atoms with Crippen molar-refractivity contribution in [2.45, 2.75) is 19.1 Å². The second-order valence-electron chi connectivity index (χ2n) is 4.70. The Balaban J connectivity index is 2.29. The van der Waals surface area contributed by atoms with Gasteiger partial charge in [-0.3, -0.25) is 4.98 Å². The first kappa shape index (κ1) is 15.1. The van der Waals surface area contributed by atoms with Gasteiger partial charge in [0, 0.05) is 30.4 Å². The Labute approximate surface area is 124 Å². The Morgan fingerprint density at radius 3 is 2.10 bits per heavy atom. The number of nitrogens with two attached hydrogens (primary N) is 1. The predicted molar refractivity (Wildman–Crippen MR) is 80.8 cm³/mol. The van der Waals surface area contributed by atoms with Crippen molar-refractivity contribution in [2.75, 3.05) is 14.2 Å². The first-order valence-corrected chi connectivity index (χ1v) is 6.70. The number of ether oxygens (including phenoxy) is 3. The van der Waals surface area contributed by atoms with Crippen LogP contribution >= 0.6 is 0 Å². The fraction of sp³-hybridized carbons (Fsp3) is 0.312. The van der Waals surface area contributed by atoms with Crippen molar-refractivity contribution in [3.8, 4) is 17.2 Å². The third-order valence-corrected chi connectivity index (χ3v) is 3.04. The molecule has 0 aliphatic heterocycles. The highest BCUT2D eigenvalue weighted by molar-refractivity contribution is 5.42. The van der Waals surface area contributed by atoms with Crippen LogP contribution in [0, 0.1) is 0 Å². The van der Waals surface area contributed by atoms with Crippen molar-refractivity contribution in [1.82, 2.24) is 4.98 Å². The minimum Gasteiger partial charge on any atom is -0.496 e. The van der Waals surface area contributed by atoms with Gasteiger partial charge in [0.2, 0.25) is 0 Å². The molecule has 112 valence electrons. The van der Waals surface area contributed by atoms with E-state index in [4.69, 9.17) is 19.9 Å².